The molecular weight excluding hydrogens is 334 g/mol. The number of fused-ring (bicyclic) bond motifs is 1. The number of likely N-dealkylation sites (tertiary alicyclic amines) is 1. The molecule has 2 heterocycles. The van der Waals surface area contributed by atoms with Crippen molar-refractivity contribution >= 4 is 11.4 Å². The van der Waals surface area contributed by atoms with Gasteiger partial charge in [-0.2, -0.15) is 0 Å². The predicted molar refractivity (Wildman–Crippen MR) is 108 cm³/mol. The van der Waals surface area contributed by atoms with Crippen molar-refractivity contribution in [2.24, 2.45) is 5.92 Å². The van der Waals surface area contributed by atoms with Gasteiger partial charge in [0, 0.05) is 41.8 Å². The van der Waals surface area contributed by atoms with E-state index in [0.717, 1.165) is 31.1 Å². The van der Waals surface area contributed by atoms with Gasteiger partial charge < -0.3 is 10.4 Å². The van der Waals surface area contributed by atoms with Gasteiger partial charge in [-0.1, -0.05) is 18.9 Å². The van der Waals surface area contributed by atoms with E-state index < -0.39 is 0 Å². The number of nitrogens with zero attached hydrogens (tertiary/aromatic N) is 2. The van der Waals surface area contributed by atoms with E-state index in [-0.39, 0.29) is 6.61 Å². The number of β-amino-alcohol motifs (C(OH)–C–C–N with tert-alkyl or cyclic N) is 1. The number of pyridine rings is 1. The van der Waals surface area contributed by atoms with Crippen LogP contribution in [0.4, 0.5) is 11.4 Å². The van der Waals surface area contributed by atoms with E-state index >= 15 is 0 Å². The molecule has 5 rings (SSSR count). The molecule has 2 bridgehead atoms. The molecule has 2 aliphatic carbocycles. The molecule has 2 N–H and O–H groups in total. The zero-order valence-corrected chi connectivity index (χ0v) is 15.9. The number of piperidine rings is 1. The lowest BCUT2D eigenvalue weighted by Gasteiger charge is -2.59. The van der Waals surface area contributed by atoms with Gasteiger partial charge in [-0.15, -0.1) is 0 Å². The number of aliphatic hydroxyl groups is 1. The van der Waals surface area contributed by atoms with E-state index in [1.807, 2.05) is 24.5 Å². The fourth-order valence-corrected chi connectivity index (χ4v) is 6.17. The molecule has 27 heavy (non-hydrogen) atoms. The van der Waals surface area contributed by atoms with Gasteiger partial charge in [-0.05, 0) is 73.5 Å². The van der Waals surface area contributed by atoms with Crippen molar-refractivity contribution in [1.82, 2.24) is 9.88 Å². The summed E-state index contributed by atoms with van der Waals surface area (Å²) in [6, 6.07) is 11.7. The molecule has 0 radical (unpaired) electrons. The first-order chi connectivity index (χ1) is 13.3. The van der Waals surface area contributed by atoms with Crippen molar-refractivity contribution in [2.75, 3.05) is 25.0 Å². The number of benzene rings is 1. The van der Waals surface area contributed by atoms with Crippen LogP contribution in [-0.2, 0) is 11.8 Å². The Bertz CT molecular complexity index is 809. The molecule has 1 aromatic heterocycles. The smallest absolute Gasteiger partial charge is 0.0558 e. The molecule has 1 aliphatic heterocycles. The number of hydrogen-bond acceptors (Lipinski definition) is 4. The Morgan fingerprint density at radius 3 is 2.85 bits per heavy atom. The summed E-state index contributed by atoms with van der Waals surface area (Å²) in [4.78, 5) is 6.68. The highest BCUT2D eigenvalue weighted by molar-refractivity contribution is 5.62. The average Bonchev–Trinajstić information content (AvgIpc) is 2.71. The van der Waals surface area contributed by atoms with Gasteiger partial charge in [-0.3, -0.25) is 9.88 Å². The minimum atomic E-state index is 0.276. The van der Waals surface area contributed by atoms with Gasteiger partial charge in [0.05, 0.1) is 6.61 Å². The minimum absolute atomic E-state index is 0.276. The number of rotatable bonds is 4. The summed E-state index contributed by atoms with van der Waals surface area (Å²) in [6.45, 7) is 2.23. The molecule has 142 valence electrons. The zero-order chi connectivity index (χ0) is 18.3. The predicted octanol–water partition coefficient (Wildman–Crippen LogP) is 3.88. The molecule has 4 heteroatoms. The molecule has 0 unspecified atom stereocenters. The van der Waals surface area contributed by atoms with Crippen molar-refractivity contribution in [3.63, 3.8) is 0 Å². The Balaban J connectivity index is 1.53. The maximum atomic E-state index is 9.53. The average molecular weight is 364 g/mol. The lowest BCUT2D eigenvalue weighted by molar-refractivity contribution is -0.0175. The Labute approximate surface area is 161 Å². The van der Waals surface area contributed by atoms with Crippen LogP contribution in [0, 0.1) is 5.92 Å². The molecule has 1 saturated carbocycles. The second-order valence-electron chi connectivity index (χ2n) is 8.52. The molecule has 2 aromatic rings. The number of aromatic nitrogens is 1. The van der Waals surface area contributed by atoms with Crippen molar-refractivity contribution in [1.29, 1.82) is 0 Å². The van der Waals surface area contributed by atoms with E-state index in [1.54, 1.807) is 5.56 Å². The second kappa shape index (κ2) is 6.92. The SMILES string of the molecule is OCCN1CC[C@]23CCCC[C@H]2[C@H]1Cc1ccc(Nc2ccncc2)cc13. The van der Waals surface area contributed by atoms with Crippen LogP contribution in [0.1, 0.15) is 43.2 Å². The zero-order valence-electron chi connectivity index (χ0n) is 15.9. The van der Waals surface area contributed by atoms with Crippen LogP contribution in [0.5, 0.6) is 0 Å². The maximum Gasteiger partial charge on any atom is 0.0558 e. The lowest BCUT2D eigenvalue weighted by Crippen LogP contribution is -2.61. The normalized spacial score (nSPS) is 29.7. The van der Waals surface area contributed by atoms with E-state index in [9.17, 15) is 5.11 Å². The van der Waals surface area contributed by atoms with Crippen molar-refractivity contribution in [3.05, 3.63) is 53.9 Å². The molecule has 3 aliphatic rings. The van der Waals surface area contributed by atoms with Crippen LogP contribution in [-0.4, -0.2) is 40.7 Å². The topological polar surface area (TPSA) is 48.4 Å². The molecular formula is C23H29N3O. The quantitative estimate of drug-likeness (QED) is 0.866. The molecule has 4 nitrogen and oxygen atoms in total. The monoisotopic (exact) mass is 363 g/mol. The summed E-state index contributed by atoms with van der Waals surface area (Å²) < 4.78 is 0. The first kappa shape index (κ1) is 17.2. The standard InChI is InChI=1S/C23H29N3O/c27-14-13-26-12-9-23-8-2-1-3-20(23)22(26)15-17-4-5-19(16-21(17)23)25-18-6-10-24-11-7-18/h4-7,10-11,16,20,22,27H,1-3,8-9,12-15H2,(H,24,25)/t20-,22+,23+/m0/s1. The van der Waals surface area contributed by atoms with Gasteiger partial charge in [-0.25, -0.2) is 0 Å². The van der Waals surface area contributed by atoms with Crippen LogP contribution in [0.15, 0.2) is 42.7 Å². The molecule has 1 aromatic carbocycles. The van der Waals surface area contributed by atoms with Gasteiger partial charge in [0.15, 0.2) is 0 Å². The second-order valence-corrected chi connectivity index (χ2v) is 8.52. The molecule has 3 atom stereocenters. The maximum absolute atomic E-state index is 9.53. The highest BCUT2D eigenvalue weighted by atomic mass is 16.3. The highest BCUT2D eigenvalue weighted by Gasteiger charge is 2.53. The van der Waals surface area contributed by atoms with Crippen LogP contribution in [0.2, 0.25) is 0 Å². The van der Waals surface area contributed by atoms with Crippen molar-refractivity contribution in [3.8, 4) is 0 Å². The summed E-state index contributed by atoms with van der Waals surface area (Å²) in [5, 5.41) is 13.1. The number of aliphatic hydroxyl groups excluding tert-OH is 1. The van der Waals surface area contributed by atoms with Gasteiger partial charge >= 0.3 is 0 Å². The largest absolute Gasteiger partial charge is 0.395 e. The van der Waals surface area contributed by atoms with Gasteiger partial charge in [0.1, 0.15) is 0 Å². The first-order valence-electron chi connectivity index (χ1n) is 10.5. The fraction of sp³-hybridized carbons (Fsp3) is 0.522. The van der Waals surface area contributed by atoms with Crippen LogP contribution in [0.25, 0.3) is 0 Å². The minimum Gasteiger partial charge on any atom is -0.395 e. The van der Waals surface area contributed by atoms with E-state index in [1.165, 1.54) is 43.4 Å². The fourth-order valence-electron chi connectivity index (χ4n) is 6.17. The molecule has 0 amide bonds. The molecule has 1 saturated heterocycles. The highest BCUT2D eigenvalue weighted by Crippen LogP contribution is 2.56. The summed E-state index contributed by atoms with van der Waals surface area (Å²) in [5.74, 6) is 0.746. The molecule has 0 spiro atoms. The van der Waals surface area contributed by atoms with Crippen LogP contribution >= 0.6 is 0 Å². The third-order valence-corrected chi connectivity index (χ3v) is 7.31. The van der Waals surface area contributed by atoms with E-state index in [4.69, 9.17) is 0 Å². The van der Waals surface area contributed by atoms with Crippen molar-refractivity contribution < 1.29 is 5.11 Å². The van der Waals surface area contributed by atoms with E-state index in [2.05, 4.69) is 33.4 Å². The molecule has 2 fully saturated rings. The third kappa shape index (κ3) is 2.86. The lowest BCUT2D eigenvalue weighted by atomic mass is 9.52. The summed E-state index contributed by atoms with van der Waals surface area (Å²) >= 11 is 0. The third-order valence-electron chi connectivity index (χ3n) is 7.31. The van der Waals surface area contributed by atoms with Crippen molar-refractivity contribution in [2.45, 2.75) is 50.0 Å². The van der Waals surface area contributed by atoms with E-state index in [0.29, 0.717) is 11.5 Å². The Morgan fingerprint density at radius 2 is 2.00 bits per heavy atom. The number of anilines is 2. The summed E-state index contributed by atoms with van der Waals surface area (Å²) in [7, 11) is 0. The Morgan fingerprint density at radius 1 is 1.11 bits per heavy atom. The van der Waals surface area contributed by atoms with Gasteiger partial charge in [0.25, 0.3) is 0 Å². The van der Waals surface area contributed by atoms with Gasteiger partial charge in [0.2, 0.25) is 0 Å². The summed E-state index contributed by atoms with van der Waals surface area (Å²) in [6.07, 6.45) is 11.4. The Kier molecular flexibility index (Phi) is 4.41. The Hall–Kier alpha value is -1.91. The number of hydrogen-bond donors (Lipinski definition) is 2. The first-order valence-corrected chi connectivity index (χ1v) is 10.5. The summed E-state index contributed by atoms with van der Waals surface area (Å²) in [5.41, 5.74) is 5.76. The number of nitrogens with one attached hydrogen (secondary N) is 1. The van der Waals surface area contributed by atoms with Crippen LogP contribution in [0.3, 0.4) is 0 Å². The van der Waals surface area contributed by atoms with Crippen LogP contribution < -0.4 is 5.32 Å².